The molecule has 2 rings (SSSR count). The van der Waals surface area contributed by atoms with Crippen LogP contribution >= 0.6 is 0 Å². The summed E-state index contributed by atoms with van der Waals surface area (Å²) in [6.07, 6.45) is 0.447. The molecule has 2 heterocycles. The standard InChI is InChI=1S/C10H16N4O2/c11-13-10-2-1-7(3-12-10)4-14-5-8(15)9(16)6-14/h1-3,8-9,15-16H,4-6,11H2,(H,12,13). The second kappa shape index (κ2) is 4.75. The summed E-state index contributed by atoms with van der Waals surface area (Å²) in [6, 6.07) is 3.71. The van der Waals surface area contributed by atoms with Crippen molar-refractivity contribution >= 4 is 5.82 Å². The Morgan fingerprint density at radius 3 is 2.56 bits per heavy atom. The van der Waals surface area contributed by atoms with Crippen LogP contribution in [0.1, 0.15) is 5.56 Å². The lowest BCUT2D eigenvalue weighted by atomic mass is 10.2. The molecule has 0 radical (unpaired) electrons. The van der Waals surface area contributed by atoms with Crippen LogP contribution in [0.15, 0.2) is 18.3 Å². The van der Waals surface area contributed by atoms with Crippen molar-refractivity contribution in [2.75, 3.05) is 18.5 Å². The van der Waals surface area contributed by atoms with E-state index in [2.05, 4.69) is 10.4 Å². The summed E-state index contributed by atoms with van der Waals surface area (Å²) in [5.74, 6) is 5.83. The number of aliphatic hydroxyl groups excluding tert-OH is 2. The molecule has 0 bridgehead atoms. The van der Waals surface area contributed by atoms with E-state index >= 15 is 0 Å². The van der Waals surface area contributed by atoms with Gasteiger partial charge in [0.1, 0.15) is 5.82 Å². The topological polar surface area (TPSA) is 94.6 Å². The molecular formula is C10H16N4O2. The molecule has 0 aromatic carbocycles. The van der Waals surface area contributed by atoms with E-state index in [1.54, 1.807) is 12.3 Å². The van der Waals surface area contributed by atoms with Crippen molar-refractivity contribution in [2.24, 2.45) is 5.84 Å². The first-order valence-electron chi connectivity index (χ1n) is 5.19. The lowest BCUT2D eigenvalue weighted by Gasteiger charge is -2.14. The van der Waals surface area contributed by atoms with Gasteiger partial charge in [0.15, 0.2) is 0 Å². The molecule has 5 N–H and O–H groups in total. The van der Waals surface area contributed by atoms with Crippen LogP contribution in [0.4, 0.5) is 5.82 Å². The SMILES string of the molecule is NNc1ccc(CN2CC(O)C(O)C2)cn1. The number of likely N-dealkylation sites (tertiary alicyclic amines) is 1. The average molecular weight is 224 g/mol. The second-order valence-corrected chi connectivity index (χ2v) is 4.02. The summed E-state index contributed by atoms with van der Waals surface area (Å²) in [4.78, 5) is 6.08. The summed E-state index contributed by atoms with van der Waals surface area (Å²) in [7, 11) is 0. The monoisotopic (exact) mass is 224 g/mol. The van der Waals surface area contributed by atoms with Gasteiger partial charge in [0, 0.05) is 25.8 Å². The number of hydrazine groups is 1. The maximum Gasteiger partial charge on any atom is 0.139 e. The molecule has 1 saturated heterocycles. The van der Waals surface area contributed by atoms with Crippen molar-refractivity contribution in [3.63, 3.8) is 0 Å². The van der Waals surface area contributed by atoms with Gasteiger partial charge in [0.25, 0.3) is 0 Å². The van der Waals surface area contributed by atoms with Gasteiger partial charge in [-0.3, -0.25) is 4.90 Å². The first-order valence-corrected chi connectivity index (χ1v) is 5.19. The predicted molar refractivity (Wildman–Crippen MR) is 59.3 cm³/mol. The highest BCUT2D eigenvalue weighted by molar-refractivity contribution is 5.33. The Labute approximate surface area is 93.7 Å². The number of pyridine rings is 1. The number of β-amino-alcohol motifs (C(OH)–C–C–N with tert-alkyl or cyclic N) is 2. The van der Waals surface area contributed by atoms with Crippen LogP contribution in [0.5, 0.6) is 0 Å². The Morgan fingerprint density at radius 2 is 2.06 bits per heavy atom. The van der Waals surface area contributed by atoms with Crippen LogP contribution in [-0.2, 0) is 6.54 Å². The number of anilines is 1. The molecule has 1 aliphatic rings. The minimum absolute atomic E-state index is 0.498. The number of rotatable bonds is 3. The molecule has 1 aliphatic heterocycles. The predicted octanol–water partition coefficient (Wildman–Crippen LogP) is -1.10. The Morgan fingerprint density at radius 1 is 1.38 bits per heavy atom. The number of aliphatic hydroxyl groups is 2. The molecule has 1 aromatic rings. The van der Waals surface area contributed by atoms with Crippen LogP contribution in [0.3, 0.4) is 0 Å². The van der Waals surface area contributed by atoms with Crippen LogP contribution in [0, 0.1) is 0 Å². The fourth-order valence-corrected chi connectivity index (χ4v) is 1.84. The van der Waals surface area contributed by atoms with Gasteiger partial charge in [-0.2, -0.15) is 0 Å². The highest BCUT2D eigenvalue weighted by atomic mass is 16.3. The smallest absolute Gasteiger partial charge is 0.139 e. The fraction of sp³-hybridized carbons (Fsp3) is 0.500. The van der Waals surface area contributed by atoms with E-state index in [1.165, 1.54) is 0 Å². The second-order valence-electron chi connectivity index (χ2n) is 4.02. The molecule has 2 unspecified atom stereocenters. The van der Waals surface area contributed by atoms with E-state index < -0.39 is 12.2 Å². The third-order valence-corrected chi connectivity index (χ3v) is 2.71. The highest BCUT2D eigenvalue weighted by Gasteiger charge is 2.29. The first kappa shape index (κ1) is 11.3. The molecule has 6 nitrogen and oxygen atoms in total. The minimum atomic E-state index is -0.641. The van der Waals surface area contributed by atoms with Crippen molar-refractivity contribution in [2.45, 2.75) is 18.8 Å². The van der Waals surface area contributed by atoms with Crippen LogP contribution in [0.25, 0.3) is 0 Å². The third-order valence-electron chi connectivity index (χ3n) is 2.71. The van der Waals surface area contributed by atoms with Crippen LogP contribution in [-0.4, -0.2) is 45.4 Å². The molecule has 6 heteroatoms. The Bertz CT molecular complexity index is 333. The van der Waals surface area contributed by atoms with Gasteiger partial charge in [0.2, 0.25) is 0 Å². The summed E-state index contributed by atoms with van der Waals surface area (Å²) in [5.41, 5.74) is 3.49. The van der Waals surface area contributed by atoms with Gasteiger partial charge in [-0.05, 0) is 11.6 Å². The number of nitrogens with two attached hydrogens (primary N) is 1. The maximum atomic E-state index is 9.39. The molecular weight excluding hydrogens is 208 g/mol. The average Bonchev–Trinajstić information content (AvgIpc) is 2.59. The zero-order valence-electron chi connectivity index (χ0n) is 8.87. The molecule has 1 fully saturated rings. The van der Waals surface area contributed by atoms with Crippen LogP contribution < -0.4 is 11.3 Å². The van der Waals surface area contributed by atoms with Gasteiger partial charge < -0.3 is 15.6 Å². The lowest BCUT2D eigenvalue weighted by Crippen LogP contribution is -2.22. The van der Waals surface area contributed by atoms with Crippen LogP contribution in [0.2, 0.25) is 0 Å². The number of nitrogens with one attached hydrogen (secondary N) is 1. The van der Waals surface area contributed by atoms with Crippen molar-refractivity contribution < 1.29 is 10.2 Å². The zero-order chi connectivity index (χ0) is 11.5. The molecule has 88 valence electrons. The van der Waals surface area contributed by atoms with Crippen molar-refractivity contribution in [3.8, 4) is 0 Å². The molecule has 0 amide bonds. The summed E-state index contributed by atoms with van der Waals surface area (Å²) in [6.45, 7) is 1.67. The fourth-order valence-electron chi connectivity index (χ4n) is 1.84. The van der Waals surface area contributed by atoms with E-state index in [1.807, 2.05) is 11.0 Å². The molecule has 16 heavy (non-hydrogen) atoms. The lowest BCUT2D eigenvalue weighted by molar-refractivity contribution is 0.0572. The highest BCUT2D eigenvalue weighted by Crippen LogP contribution is 2.14. The number of aromatic nitrogens is 1. The summed E-state index contributed by atoms with van der Waals surface area (Å²) in [5, 5.41) is 18.8. The Kier molecular flexibility index (Phi) is 3.35. The van der Waals surface area contributed by atoms with E-state index in [4.69, 9.17) is 5.84 Å². The van der Waals surface area contributed by atoms with Gasteiger partial charge in [-0.15, -0.1) is 0 Å². The maximum absolute atomic E-state index is 9.39. The molecule has 1 aromatic heterocycles. The largest absolute Gasteiger partial charge is 0.389 e. The minimum Gasteiger partial charge on any atom is -0.389 e. The van der Waals surface area contributed by atoms with E-state index in [-0.39, 0.29) is 0 Å². The number of hydrogen-bond donors (Lipinski definition) is 4. The first-order chi connectivity index (χ1) is 7.69. The van der Waals surface area contributed by atoms with E-state index in [0.717, 1.165) is 5.56 Å². The van der Waals surface area contributed by atoms with Gasteiger partial charge in [0.05, 0.1) is 12.2 Å². The molecule has 0 saturated carbocycles. The summed E-state index contributed by atoms with van der Waals surface area (Å²) >= 11 is 0. The van der Waals surface area contributed by atoms with Gasteiger partial charge >= 0.3 is 0 Å². The number of nitrogens with zero attached hydrogens (tertiary/aromatic N) is 2. The van der Waals surface area contributed by atoms with Crippen molar-refractivity contribution in [3.05, 3.63) is 23.9 Å². The molecule has 0 aliphatic carbocycles. The normalized spacial score (nSPS) is 25.9. The van der Waals surface area contributed by atoms with Crippen molar-refractivity contribution in [1.29, 1.82) is 0 Å². The van der Waals surface area contributed by atoms with Crippen molar-refractivity contribution in [1.82, 2.24) is 9.88 Å². The Hall–Kier alpha value is -1.21. The summed E-state index contributed by atoms with van der Waals surface area (Å²) < 4.78 is 0. The zero-order valence-corrected chi connectivity index (χ0v) is 8.87. The Balaban J connectivity index is 1.94. The van der Waals surface area contributed by atoms with E-state index in [0.29, 0.717) is 25.5 Å². The van der Waals surface area contributed by atoms with E-state index in [9.17, 15) is 10.2 Å². The molecule has 0 spiro atoms. The number of hydrogen-bond acceptors (Lipinski definition) is 6. The number of nitrogen functional groups attached to an aromatic ring is 1. The van der Waals surface area contributed by atoms with Gasteiger partial charge in [-0.25, -0.2) is 10.8 Å². The van der Waals surface area contributed by atoms with Gasteiger partial charge in [-0.1, -0.05) is 6.07 Å². The molecule has 2 atom stereocenters. The third kappa shape index (κ3) is 2.48. The quantitative estimate of drug-likeness (QED) is 0.385.